The Morgan fingerprint density at radius 2 is 1.62 bits per heavy atom. The molecular weight excluding hydrogens is 333 g/mol. The third kappa shape index (κ3) is 5.19. The Hall–Kier alpha value is -2.11. The number of carbonyl (C=O) groups excluding carboxylic acids is 2. The van der Waals surface area contributed by atoms with Crippen LogP contribution in [0.4, 0.5) is 9.18 Å². The van der Waals surface area contributed by atoms with Gasteiger partial charge in [0.25, 0.3) is 0 Å². The Labute approximate surface area is 154 Å². The average molecular weight is 361 g/mol. The second kappa shape index (κ2) is 9.01. The van der Waals surface area contributed by atoms with Crippen LogP contribution in [0.25, 0.3) is 0 Å². The van der Waals surface area contributed by atoms with Crippen molar-refractivity contribution in [2.24, 2.45) is 0 Å². The van der Waals surface area contributed by atoms with Gasteiger partial charge in [0, 0.05) is 25.7 Å². The molecule has 0 spiro atoms. The van der Waals surface area contributed by atoms with Crippen LogP contribution in [0.2, 0.25) is 0 Å². The molecule has 0 unspecified atom stereocenters. The summed E-state index contributed by atoms with van der Waals surface area (Å²) in [5.41, 5.74) is 0.889. The second-order valence-corrected chi connectivity index (χ2v) is 7.36. The fourth-order valence-electron chi connectivity index (χ4n) is 3.78. The average Bonchev–Trinajstić information content (AvgIpc) is 2.92. The predicted molar refractivity (Wildman–Crippen MR) is 98.0 cm³/mol. The number of halogens is 1. The number of hydrogen-bond acceptors (Lipinski definition) is 2. The van der Waals surface area contributed by atoms with E-state index in [4.69, 9.17) is 0 Å². The van der Waals surface area contributed by atoms with Gasteiger partial charge in [0.15, 0.2) is 0 Å². The number of carbonyl (C=O) groups is 2. The van der Waals surface area contributed by atoms with Crippen molar-refractivity contribution < 1.29 is 14.0 Å². The fraction of sp³-hybridized carbons (Fsp3) is 0.600. The van der Waals surface area contributed by atoms with Gasteiger partial charge in [0.2, 0.25) is 5.91 Å². The number of nitrogens with one attached hydrogen (secondary N) is 1. The lowest BCUT2D eigenvalue weighted by Crippen LogP contribution is -2.43. The van der Waals surface area contributed by atoms with Crippen LogP contribution in [0, 0.1) is 5.82 Å². The molecule has 5 nitrogen and oxygen atoms in total. The van der Waals surface area contributed by atoms with Gasteiger partial charge >= 0.3 is 6.03 Å². The molecule has 0 aromatic heterocycles. The van der Waals surface area contributed by atoms with Crippen LogP contribution in [0.1, 0.15) is 50.5 Å². The molecule has 0 bridgehead atoms. The van der Waals surface area contributed by atoms with E-state index in [2.05, 4.69) is 5.32 Å². The summed E-state index contributed by atoms with van der Waals surface area (Å²) in [6, 6.07) is 6.30. The number of amides is 3. The first-order valence-electron chi connectivity index (χ1n) is 9.69. The summed E-state index contributed by atoms with van der Waals surface area (Å²) in [5, 5.41) is 3.11. The molecule has 0 radical (unpaired) electrons. The first-order chi connectivity index (χ1) is 12.6. The van der Waals surface area contributed by atoms with E-state index in [1.54, 1.807) is 21.9 Å². The highest BCUT2D eigenvalue weighted by Gasteiger charge is 2.30. The van der Waals surface area contributed by atoms with Crippen molar-refractivity contribution in [2.45, 2.75) is 57.5 Å². The van der Waals surface area contributed by atoms with Gasteiger partial charge in [-0.3, -0.25) is 4.79 Å². The molecule has 3 amide bonds. The molecule has 26 heavy (non-hydrogen) atoms. The Kier molecular flexibility index (Phi) is 6.47. The van der Waals surface area contributed by atoms with Crippen LogP contribution < -0.4 is 5.32 Å². The molecule has 2 fully saturated rings. The van der Waals surface area contributed by atoms with E-state index in [-0.39, 0.29) is 30.3 Å². The van der Waals surface area contributed by atoms with E-state index < -0.39 is 0 Å². The van der Waals surface area contributed by atoms with E-state index in [9.17, 15) is 14.0 Å². The highest BCUT2D eigenvalue weighted by molar-refractivity contribution is 5.85. The molecule has 1 aromatic carbocycles. The normalized spacial score (nSPS) is 19.3. The zero-order chi connectivity index (χ0) is 18.4. The number of rotatable bonds is 5. The van der Waals surface area contributed by atoms with Gasteiger partial charge < -0.3 is 15.1 Å². The largest absolute Gasteiger partial charge is 0.352 e. The maximum Gasteiger partial charge on any atom is 0.320 e. The quantitative estimate of drug-likeness (QED) is 0.875. The summed E-state index contributed by atoms with van der Waals surface area (Å²) in [4.78, 5) is 28.2. The molecule has 1 aromatic rings. The van der Waals surface area contributed by atoms with E-state index in [1.165, 1.54) is 44.2 Å². The Morgan fingerprint density at radius 1 is 1.00 bits per heavy atom. The number of urea groups is 1. The molecule has 3 rings (SSSR count). The molecule has 1 aliphatic carbocycles. The summed E-state index contributed by atoms with van der Waals surface area (Å²) in [6.45, 7) is 1.71. The Bertz CT molecular complexity index is 612. The topological polar surface area (TPSA) is 52.7 Å². The van der Waals surface area contributed by atoms with Crippen molar-refractivity contribution in [1.82, 2.24) is 15.1 Å². The SMILES string of the molecule is O=C(CN1CCN(Cc2ccc(F)cc2)C1=O)NC1CCCCCCC1. The van der Waals surface area contributed by atoms with Crippen LogP contribution in [0.5, 0.6) is 0 Å². The van der Waals surface area contributed by atoms with Crippen molar-refractivity contribution in [3.05, 3.63) is 35.6 Å². The number of nitrogens with zero attached hydrogens (tertiary/aromatic N) is 2. The lowest BCUT2D eigenvalue weighted by atomic mass is 9.97. The molecule has 1 saturated heterocycles. The van der Waals surface area contributed by atoms with E-state index >= 15 is 0 Å². The molecule has 2 aliphatic rings. The van der Waals surface area contributed by atoms with Gasteiger partial charge in [-0.05, 0) is 30.5 Å². The second-order valence-electron chi connectivity index (χ2n) is 7.36. The molecule has 6 heteroatoms. The van der Waals surface area contributed by atoms with Gasteiger partial charge in [-0.1, -0.05) is 44.2 Å². The van der Waals surface area contributed by atoms with E-state index in [0.717, 1.165) is 18.4 Å². The molecular formula is C20H28FN3O2. The van der Waals surface area contributed by atoms with Gasteiger partial charge in [-0.2, -0.15) is 0 Å². The Balaban J connectivity index is 1.46. The van der Waals surface area contributed by atoms with Gasteiger partial charge in [-0.25, -0.2) is 9.18 Å². The first kappa shape index (κ1) is 18.7. The molecule has 0 atom stereocenters. The first-order valence-corrected chi connectivity index (χ1v) is 9.69. The van der Waals surface area contributed by atoms with Crippen molar-refractivity contribution >= 4 is 11.9 Å². The summed E-state index contributed by atoms with van der Waals surface area (Å²) in [6.07, 6.45) is 8.20. The van der Waals surface area contributed by atoms with E-state index in [1.807, 2.05) is 0 Å². The Morgan fingerprint density at radius 3 is 2.31 bits per heavy atom. The smallest absolute Gasteiger partial charge is 0.320 e. The minimum atomic E-state index is -0.283. The van der Waals surface area contributed by atoms with Crippen molar-refractivity contribution in [1.29, 1.82) is 0 Å². The predicted octanol–water partition coefficient (Wildman–Crippen LogP) is 3.29. The zero-order valence-electron chi connectivity index (χ0n) is 15.3. The lowest BCUT2D eigenvalue weighted by Gasteiger charge is -2.23. The molecule has 1 saturated carbocycles. The van der Waals surface area contributed by atoms with Gasteiger partial charge in [0.1, 0.15) is 12.4 Å². The third-order valence-corrected chi connectivity index (χ3v) is 5.27. The maximum absolute atomic E-state index is 13.0. The van der Waals surface area contributed by atoms with Crippen LogP contribution in [-0.2, 0) is 11.3 Å². The number of hydrogen-bond donors (Lipinski definition) is 1. The summed E-state index contributed by atoms with van der Waals surface area (Å²) in [7, 11) is 0. The van der Waals surface area contributed by atoms with Crippen molar-refractivity contribution in [3.63, 3.8) is 0 Å². The highest BCUT2D eigenvalue weighted by atomic mass is 19.1. The van der Waals surface area contributed by atoms with Gasteiger partial charge in [-0.15, -0.1) is 0 Å². The summed E-state index contributed by atoms with van der Waals surface area (Å²) < 4.78 is 13.0. The standard InChI is InChI=1S/C20H28FN3O2/c21-17-10-8-16(9-11-17)14-23-12-13-24(20(23)26)15-19(25)22-18-6-4-2-1-3-5-7-18/h8-11,18H,1-7,12-15H2,(H,22,25). The van der Waals surface area contributed by atoms with Crippen molar-refractivity contribution in [2.75, 3.05) is 19.6 Å². The summed E-state index contributed by atoms with van der Waals surface area (Å²) in [5.74, 6) is -0.346. The molecule has 142 valence electrons. The molecule has 1 heterocycles. The highest BCUT2D eigenvalue weighted by Crippen LogP contribution is 2.17. The van der Waals surface area contributed by atoms with Crippen LogP contribution in [-0.4, -0.2) is 47.4 Å². The minimum Gasteiger partial charge on any atom is -0.352 e. The van der Waals surface area contributed by atoms with Crippen LogP contribution in [0.15, 0.2) is 24.3 Å². The van der Waals surface area contributed by atoms with Crippen LogP contribution in [0.3, 0.4) is 0 Å². The van der Waals surface area contributed by atoms with Crippen molar-refractivity contribution in [3.8, 4) is 0 Å². The lowest BCUT2D eigenvalue weighted by molar-refractivity contribution is -0.122. The monoisotopic (exact) mass is 361 g/mol. The zero-order valence-corrected chi connectivity index (χ0v) is 15.3. The van der Waals surface area contributed by atoms with Gasteiger partial charge in [0.05, 0.1) is 0 Å². The fourth-order valence-corrected chi connectivity index (χ4v) is 3.78. The van der Waals surface area contributed by atoms with E-state index in [0.29, 0.717) is 19.6 Å². The number of benzene rings is 1. The third-order valence-electron chi connectivity index (χ3n) is 5.27. The minimum absolute atomic E-state index is 0.0624. The summed E-state index contributed by atoms with van der Waals surface area (Å²) >= 11 is 0. The maximum atomic E-state index is 13.0. The molecule has 1 aliphatic heterocycles. The van der Waals surface area contributed by atoms with Crippen LogP contribution >= 0.6 is 0 Å². The molecule has 1 N–H and O–H groups in total.